The lowest BCUT2D eigenvalue weighted by atomic mass is 10.1. The minimum Gasteiger partial charge on any atom is -0.292 e. The molecule has 6 nitrogen and oxygen atoms in total. The number of carbonyl (C=O) groups is 1. The van der Waals surface area contributed by atoms with Crippen molar-refractivity contribution in [2.45, 2.75) is 6.54 Å². The first-order chi connectivity index (χ1) is 11.5. The number of aromatic nitrogens is 4. The van der Waals surface area contributed by atoms with Gasteiger partial charge >= 0.3 is 5.69 Å². The predicted octanol–water partition coefficient (Wildman–Crippen LogP) is 2.24. The lowest BCUT2D eigenvalue weighted by molar-refractivity contribution is 0.0965. The second kappa shape index (κ2) is 6.32. The first-order valence-electron chi connectivity index (χ1n) is 6.73. The van der Waals surface area contributed by atoms with Crippen molar-refractivity contribution in [3.63, 3.8) is 0 Å². The minimum atomic E-state index is -1.15. The minimum absolute atomic E-state index is 0.0758. The number of hydrogen-bond acceptors (Lipinski definition) is 4. The third-order valence-electron chi connectivity index (χ3n) is 3.25. The number of Topliss-reactive ketones (excluding diaryl/α,β-unsaturated/α-hetero) is 1. The van der Waals surface area contributed by atoms with E-state index >= 15 is 0 Å². The van der Waals surface area contributed by atoms with E-state index < -0.39 is 29.7 Å². The average molecular weight is 351 g/mol. The summed E-state index contributed by atoms with van der Waals surface area (Å²) in [6.07, 6.45) is 0. The SMILES string of the molecule is O=C(Cn1nnn(-c2ccccc2Cl)c1=O)c1ccc(F)c(F)c1. The molecular weight excluding hydrogens is 342 g/mol. The summed E-state index contributed by atoms with van der Waals surface area (Å²) >= 11 is 5.99. The first-order valence-corrected chi connectivity index (χ1v) is 7.11. The largest absolute Gasteiger partial charge is 0.368 e. The van der Waals surface area contributed by atoms with Gasteiger partial charge in [-0.1, -0.05) is 23.7 Å². The van der Waals surface area contributed by atoms with Crippen LogP contribution in [0.25, 0.3) is 5.69 Å². The van der Waals surface area contributed by atoms with E-state index in [0.717, 1.165) is 27.6 Å². The molecule has 0 atom stereocenters. The standard InChI is InChI=1S/C15H9ClF2N4O2/c16-10-3-1-2-4-13(10)22-15(24)21(19-20-22)8-14(23)9-5-6-11(17)12(18)7-9/h1-7H,8H2. The monoisotopic (exact) mass is 350 g/mol. The number of tetrazole rings is 1. The maximum Gasteiger partial charge on any atom is 0.368 e. The normalized spacial score (nSPS) is 10.8. The van der Waals surface area contributed by atoms with E-state index in [1.165, 1.54) is 0 Å². The molecule has 0 saturated heterocycles. The van der Waals surface area contributed by atoms with Gasteiger partial charge in [0.2, 0.25) is 0 Å². The van der Waals surface area contributed by atoms with Crippen LogP contribution >= 0.6 is 11.6 Å². The lowest BCUT2D eigenvalue weighted by Crippen LogP contribution is -2.27. The van der Waals surface area contributed by atoms with Crippen LogP contribution in [0.2, 0.25) is 5.02 Å². The summed E-state index contributed by atoms with van der Waals surface area (Å²) in [5.74, 6) is -2.82. The molecule has 0 N–H and O–H groups in total. The van der Waals surface area contributed by atoms with E-state index in [1.807, 2.05) is 0 Å². The molecule has 0 radical (unpaired) electrons. The fourth-order valence-corrected chi connectivity index (χ4v) is 2.26. The van der Waals surface area contributed by atoms with Gasteiger partial charge in [-0.25, -0.2) is 13.6 Å². The Morgan fingerprint density at radius 2 is 1.83 bits per heavy atom. The van der Waals surface area contributed by atoms with Crippen molar-refractivity contribution in [3.05, 3.63) is 75.2 Å². The molecule has 0 unspecified atom stereocenters. The third kappa shape index (κ3) is 2.95. The van der Waals surface area contributed by atoms with Crippen LogP contribution < -0.4 is 5.69 Å². The maximum absolute atomic E-state index is 13.2. The van der Waals surface area contributed by atoms with Crippen molar-refractivity contribution < 1.29 is 13.6 Å². The summed E-state index contributed by atoms with van der Waals surface area (Å²) in [5.41, 5.74) is -0.442. The molecule has 0 aliphatic heterocycles. The molecule has 122 valence electrons. The number of rotatable bonds is 4. The van der Waals surface area contributed by atoms with E-state index in [1.54, 1.807) is 24.3 Å². The molecule has 1 aromatic heterocycles. The topological polar surface area (TPSA) is 69.8 Å². The highest BCUT2D eigenvalue weighted by atomic mass is 35.5. The van der Waals surface area contributed by atoms with Crippen molar-refractivity contribution in [1.29, 1.82) is 0 Å². The van der Waals surface area contributed by atoms with Crippen LogP contribution in [-0.2, 0) is 6.54 Å². The van der Waals surface area contributed by atoms with Crippen LogP contribution in [0.15, 0.2) is 47.3 Å². The zero-order valence-corrected chi connectivity index (χ0v) is 12.7. The van der Waals surface area contributed by atoms with E-state index in [4.69, 9.17) is 11.6 Å². The molecule has 0 amide bonds. The quantitative estimate of drug-likeness (QED) is 0.677. The summed E-state index contributed by atoms with van der Waals surface area (Å²) in [4.78, 5) is 24.4. The Balaban J connectivity index is 1.89. The number of carbonyl (C=O) groups excluding carboxylic acids is 1. The molecule has 0 bridgehead atoms. The number of ketones is 1. The van der Waals surface area contributed by atoms with Crippen molar-refractivity contribution >= 4 is 17.4 Å². The zero-order chi connectivity index (χ0) is 17.3. The highest BCUT2D eigenvalue weighted by molar-refractivity contribution is 6.32. The van der Waals surface area contributed by atoms with Crippen LogP contribution in [0, 0.1) is 11.6 Å². The molecule has 0 saturated carbocycles. The Hall–Kier alpha value is -2.87. The fraction of sp³-hybridized carbons (Fsp3) is 0.0667. The summed E-state index contributed by atoms with van der Waals surface area (Å²) in [5, 5.41) is 7.57. The lowest BCUT2D eigenvalue weighted by Gasteiger charge is -2.01. The molecule has 0 aliphatic rings. The average Bonchev–Trinajstić information content (AvgIpc) is 2.91. The summed E-state index contributed by atoms with van der Waals surface area (Å²) in [6, 6.07) is 9.24. The van der Waals surface area contributed by atoms with Crippen LogP contribution in [0.4, 0.5) is 8.78 Å². The van der Waals surface area contributed by atoms with Crippen LogP contribution in [0.5, 0.6) is 0 Å². The summed E-state index contributed by atoms with van der Waals surface area (Å²) in [6.45, 7) is -0.464. The van der Waals surface area contributed by atoms with Gasteiger partial charge < -0.3 is 0 Å². The molecule has 24 heavy (non-hydrogen) atoms. The highest BCUT2D eigenvalue weighted by Crippen LogP contribution is 2.16. The van der Waals surface area contributed by atoms with E-state index in [0.29, 0.717) is 10.7 Å². The van der Waals surface area contributed by atoms with Gasteiger partial charge in [-0.05, 0) is 40.8 Å². The number of para-hydroxylation sites is 1. The van der Waals surface area contributed by atoms with Crippen molar-refractivity contribution in [2.75, 3.05) is 0 Å². The molecule has 3 aromatic rings. The molecule has 0 spiro atoms. The second-order valence-electron chi connectivity index (χ2n) is 4.83. The van der Waals surface area contributed by atoms with Gasteiger partial charge in [-0.15, -0.1) is 0 Å². The van der Waals surface area contributed by atoms with Crippen LogP contribution in [-0.4, -0.2) is 25.6 Å². The Bertz CT molecular complexity index is 984. The molecule has 0 fully saturated rings. The smallest absolute Gasteiger partial charge is 0.292 e. The van der Waals surface area contributed by atoms with Crippen molar-refractivity contribution in [3.8, 4) is 5.69 Å². The number of nitrogens with zero attached hydrogens (tertiary/aromatic N) is 4. The molecule has 1 heterocycles. The van der Waals surface area contributed by atoms with Crippen molar-refractivity contribution in [2.24, 2.45) is 0 Å². The molecule has 0 aliphatic carbocycles. The van der Waals surface area contributed by atoms with Crippen LogP contribution in [0.1, 0.15) is 10.4 Å². The number of hydrogen-bond donors (Lipinski definition) is 0. The second-order valence-corrected chi connectivity index (χ2v) is 5.24. The Labute approximate surface area is 138 Å². The Morgan fingerprint density at radius 3 is 2.54 bits per heavy atom. The van der Waals surface area contributed by atoms with Gasteiger partial charge in [-0.2, -0.15) is 9.36 Å². The van der Waals surface area contributed by atoms with Gasteiger partial charge in [-0.3, -0.25) is 4.79 Å². The van der Waals surface area contributed by atoms with Crippen molar-refractivity contribution in [1.82, 2.24) is 19.8 Å². The number of benzene rings is 2. The molecule has 9 heteroatoms. The fourth-order valence-electron chi connectivity index (χ4n) is 2.05. The van der Waals surface area contributed by atoms with Gasteiger partial charge in [0.15, 0.2) is 17.4 Å². The molecular formula is C15H9ClF2N4O2. The summed E-state index contributed by atoms with van der Waals surface area (Å²) < 4.78 is 27.8. The van der Waals surface area contributed by atoms with E-state index in [9.17, 15) is 18.4 Å². The molecule has 3 rings (SSSR count). The van der Waals surface area contributed by atoms with E-state index in [-0.39, 0.29) is 5.56 Å². The Morgan fingerprint density at radius 1 is 1.08 bits per heavy atom. The highest BCUT2D eigenvalue weighted by Gasteiger charge is 2.16. The Kier molecular flexibility index (Phi) is 4.22. The summed E-state index contributed by atoms with van der Waals surface area (Å²) in [7, 11) is 0. The maximum atomic E-state index is 13.2. The van der Waals surface area contributed by atoms with Gasteiger partial charge in [0, 0.05) is 5.56 Å². The van der Waals surface area contributed by atoms with Crippen LogP contribution in [0.3, 0.4) is 0 Å². The van der Waals surface area contributed by atoms with Gasteiger partial charge in [0.25, 0.3) is 0 Å². The van der Waals surface area contributed by atoms with E-state index in [2.05, 4.69) is 10.4 Å². The molecule has 2 aromatic carbocycles. The van der Waals surface area contributed by atoms with Gasteiger partial charge in [0.05, 0.1) is 10.7 Å². The first kappa shape index (κ1) is 16.0. The van der Waals surface area contributed by atoms with Gasteiger partial charge in [0.1, 0.15) is 6.54 Å². The zero-order valence-electron chi connectivity index (χ0n) is 12.0. The predicted molar refractivity (Wildman–Crippen MR) is 81.3 cm³/mol. The third-order valence-corrected chi connectivity index (χ3v) is 3.57. The number of halogens is 3.